The summed E-state index contributed by atoms with van der Waals surface area (Å²) in [4.78, 5) is 10.9. The summed E-state index contributed by atoms with van der Waals surface area (Å²) < 4.78 is 27.0. The first-order chi connectivity index (χ1) is 8.84. The van der Waals surface area contributed by atoms with E-state index < -0.39 is 16.0 Å². The molecule has 1 aromatic rings. The number of ether oxygens (including phenoxy) is 1. The second kappa shape index (κ2) is 6.57. The lowest BCUT2D eigenvalue weighted by molar-refractivity contribution is -0.141. The van der Waals surface area contributed by atoms with Crippen LogP contribution in [0.15, 0.2) is 23.1 Å². The van der Waals surface area contributed by atoms with E-state index in [4.69, 9.17) is 21.5 Å². The van der Waals surface area contributed by atoms with E-state index in [1.807, 2.05) is 0 Å². The van der Waals surface area contributed by atoms with E-state index in [0.29, 0.717) is 12.2 Å². The van der Waals surface area contributed by atoms with Crippen molar-refractivity contribution in [1.29, 1.82) is 0 Å². The van der Waals surface area contributed by atoms with E-state index in [2.05, 4.69) is 11.8 Å². The topological polar surface area (TPSA) is 86.5 Å². The number of rotatable bonds is 3. The summed E-state index contributed by atoms with van der Waals surface area (Å²) in [5, 5.41) is 4.96. The Hall–Kier alpha value is -1.55. The molecule has 2 N–H and O–H groups in total. The fourth-order valence-electron chi connectivity index (χ4n) is 1.24. The highest BCUT2D eigenvalue weighted by atomic mass is 35.5. The molecule has 0 fully saturated rings. The van der Waals surface area contributed by atoms with Gasteiger partial charge in [-0.05, 0) is 25.1 Å². The molecule has 7 heteroatoms. The molecule has 5 nitrogen and oxygen atoms in total. The van der Waals surface area contributed by atoms with Gasteiger partial charge in [0.1, 0.15) is 11.3 Å². The van der Waals surface area contributed by atoms with Crippen molar-refractivity contribution >= 4 is 27.6 Å². The highest BCUT2D eigenvalue weighted by molar-refractivity contribution is 7.89. The molecule has 0 aliphatic heterocycles. The predicted octanol–water partition coefficient (Wildman–Crippen LogP) is 1.29. The lowest BCUT2D eigenvalue weighted by Gasteiger charge is -2.01. The first-order valence-corrected chi connectivity index (χ1v) is 7.24. The van der Waals surface area contributed by atoms with Gasteiger partial charge >= 0.3 is 5.97 Å². The zero-order valence-electron chi connectivity index (χ0n) is 10.1. The Morgan fingerprint density at radius 3 is 2.68 bits per heavy atom. The molecule has 0 aliphatic rings. The van der Waals surface area contributed by atoms with Crippen LogP contribution in [0.3, 0.4) is 0 Å². The molecule has 0 atom stereocenters. The van der Waals surface area contributed by atoms with E-state index in [-0.39, 0.29) is 16.3 Å². The molecule has 0 saturated heterocycles. The highest BCUT2D eigenvalue weighted by Gasteiger charge is 2.12. The van der Waals surface area contributed by atoms with Crippen LogP contribution in [0.1, 0.15) is 18.9 Å². The van der Waals surface area contributed by atoms with Gasteiger partial charge in [-0.25, -0.2) is 13.6 Å². The number of hydrogen-bond acceptors (Lipinski definition) is 4. The standard InChI is InChI=1S/C12H12ClNO4S/c1-2-18-12(15)5-3-4-9-6-7-11(10(13)8-9)19(14,16)17/h6-8H,2,5H2,1H3,(H2,14,16,17). The molecule has 0 bridgehead atoms. The van der Waals surface area contributed by atoms with Crippen molar-refractivity contribution in [3.8, 4) is 11.8 Å². The van der Waals surface area contributed by atoms with Crippen LogP contribution in [-0.4, -0.2) is 21.0 Å². The van der Waals surface area contributed by atoms with Crippen molar-refractivity contribution in [2.75, 3.05) is 6.61 Å². The monoisotopic (exact) mass is 301 g/mol. The lowest BCUT2D eigenvalue weighted by Crippen LogP contribution is -2.12. The van der Waals surface area contributed by atoms with Gasteiger partial charge in [-0.1, -0.05) is 23.4 Å². The molecule has 0 spiro atoms. The maximum atomic E-state index is 11.1. The fraction of sp³-hybridized carbons (Fsp3) is 0.250. The van der Waals surface area contributed by atoms with Gasteiger partial charge < -0.3 is 4.74 Å². The number of esters is 1. The molecule has 1 rings (SSSR count). The Labute approximate surface area is 116 Å². The second-order valence-corrected chi connectivity index (χ2v) is 5.41. The summed E-state index contributed by atoms with van der Waals surface area (Å²) in [5.74, 6) is 4.88. The molecule has 19 heavy (non-hydrogen) atoms. The van der Waals surface area contributed by atoms with Gasteiger partial charge in [-0.2, -0.15) is 0 Å². The van der Waals surface area contributed by atoms with Gasteiger partial charge in [0, 0.05) is 5.56 Å². The molecular formula is C12H12ClNO4S. The minimum absolute atomic E-state index is 0.00886. The summed E-state index contributed by atoms with van der Waals surface area (Å²) in [6.45, 7) is 2.01. The van der Waals surface area contributed by atoms with Crippen LogP contribution in [0.25, 0.3) is 0 Å². The molecule has 0 unspecified atom stereocenters. The third-order valence-electron chi connectivity index (χ3n) is 2.01. The summed E-state index contributed by atoms with van der Waals surface area (Å²) in [6.07, 6.45) is -0.0393. The summed E-state index contributed by atoms with van der Waals surface area (Å²) >= 11 is 5.79. The quantitative estimate of drug-likeness (QED) is 0.673. The van der Waals surface area contributed by atoms with Crippen LogP contribution in [-0.2, 0) is 19.6 Å². The van der Waals surface area contributed by atoms with Crippen molar-refractivity contribution in [2.24, 2.45) is 5.14 Å². The normalized spacial score (nSPS) is 10.5. The largest absolute Gasteiger partial charge is 0.465 e. The first-order valence-electron chi connectivity index (χ1n) is 5.31. The second-order valence-electron chi connectivity index (χ2n) is 3.47. The number of primary sulfonamides is 1. The highest BCUT2D eigenvalue weighted by Crippen LogP contribution is 2.20. The first kappa shape index (κ1) is 15.5. The van der Waals surface area contributed by atoms with Crippen molar-refractivity contribution in [3.05, 3.63) is 28.8 Å². The average molecular weight is 302 g/mol. The maximum Gasteiger partial charge on any atom is 0.317 e. The number of nitrogens with two attached hydrogens (primary N) is 1. The third-order valence-corrected chi connectivity index (χ3v) is 3.40. The van der Waals surface area contributed by atoms with Gasteiger partial charge in [0.05, 0.1) is 11.6 Å². The van der Waals surface area contributed by atoms with E-state index in [0.717, 1.165) is 0 Å². The number of carbonyl (C=O) groups excluding carboxylic acids is 1. The number of hydrogen-bond donors (Lipinski definition) is 1. The summed E-state index contributed by atoms with van der Waals surface area (Å²) in [7, 11) is -3.85. The van der Waals surface area contributed by atoms with Gasteiger partial charge in [0.15, 0.2) is 0 Å². The maximum absolute atomic E-state index is 11.1. The Balaban J connectivity index is 2.86. The van der Waals surface area contributed by atoms with Gasteiger partial charge in [-0.3, -0.25) is 4.79 Å². The van der Waals surface area contributed by atoms with Crippen LogP contribution in [0.2, 0.25) is 5.02 Å². The lowest BCUT2D eigenvalue weighted by atomic mass is 10.2. The molecule has 0 amide bonds. The average Bonchev–Trinajstić information content (AvgIpc) is 2.27. The number of halogens is 1. The van der Waals surface area contributed by atoms with Crippen molar-refractivity contribution < 1.29 is 17.9 Å². The fourth-order valence-corrected chi connectivity index (χ4v) is 2.33. The molecule has 102 valence electrons. The zero-order valence-corrected chi connectivity index (χ0v) is 11.7. The van der Waals surface area contributed by atoms with Gasteiger partial charge in [-0.15, -0.1) is 0 Å². The molecule has 0 heterocycles. The molecule has 0 radical (unpaired) electrons. The van der Waals surface area contributed by atoms with Crippen LogP contribution < -0.4 is 5.14 Å². The number of benzene rings is 1. The third kappa shape index (κ3) is 4.91. The van der Waals surface area contributed by atoms with Crippen molar-refractivity contribution in [2.45, 2.75) is 18.2 Å². The minimum Gasteiger partial charge on any atom is -0.465 e. The van der Waals surface area contributed by atoms with Gasteiger partial charge in [0.25, 0.3) is 0 Å². The molecule has 0 saturated carbocycles. The Kier molecular flexibility index (Phi) is 5.36. The van der Waals surface area contributed by atoms with Crippen LogP contribution in [0.4, 0.5) is 0 Å². The smallest absolute Gasteiger partial charge is 0.317 e. The van der Waals surface area contributed by atoms with E-state index in [1.54, 1.807) is 6.92 Å². The zero-order chi connectivity index (χ0) is 14.5. The summed E-state index contributed by atoms with van der Waals surface area (Å²) in [5.41, 5.74) is 0.488. The Morgan fingerprint density at radius 2 is 2.16 bits per heavy atom. The van der Waals surface area contributed by atoms with Gasteiger partial charge in [0.2, 0.25) is 10.0 Å². The van der Waals surface area contributed by atoms with E-state index in [9.17, 15) is 13.2 Å². The van der Waals surface area contributed by atoms with Crippen LogP contribution >= 0.6 is 11.6 Å². The van der Waals surface area contributed by atoms with Crippen molar-refractivity contribution in [3.63, 3.8) is 0 Å². The molecule has 0 aromatic heterocycles. The Morgan fingerprint density at radius 1 is 1.47 bits per heavy atom. The summed E-state index contributed by atoms with van der Waals surface area (Å²) in [6, 6.07) is 4.11. The van der Waals surface area contributed by atoms with E-state index in [1.165, 1.54) is 18.2 Å². The molecule has 0 aliphatic carbocycles. The minimum atomic E-state index is -3.85. The Bertz CT molecular complexity index is 643. The SMILES string of the molecule is CCOC(=O)CC#Cc1ccc(S(N)(=O)=O)c(Cl)c1. The molecule has 1 aromatic carbocycles. The predicted molar refractivity (Wildman–Crippen MR) is 71.0 cm³/mol. The number of sulfonamides is 1. The number of carbonyl (C=O) groups is 1. The van der Waals surface area contributed by atoms with Crippen LogP contribution in [0, 0.1) is 11.8 Å². The van der Waals surface area contributed by atoms with Crippen LogP contribution in [0.5, 0.6) is 0 Å². The molecular weight excluding hydrogens is 290 g/mol. The van der Waals surface area contributed by atoms with E-state index >= 15 is 0 Å². The van der Waals surface area contributed by atoms with Crippen molar-refractivity contribution in [1.82, 2.24) is 0 Å².